The van der Waals surface area contributed by atoms with E-state index in [1.54, 1.807) is 7.11 Å². The van der Waals surface area contributed by atoms with Crippen molar-refractivity contribution >= 4 is 16.9 Å². The molecule has 0 radical (unpaired) electrons. The molecular weight excluding hydrogens is 338 g/mol. The Morgan fingerprint density at radius 1 is 1.19 bits per heavy atom. The van der Waals surface area contributed by atoms with Crippen LogP contribution in [0.5, 0.6) is 5.75 Å². The third kappa shape index (κ3) is 4.67. The number of hydrogen-bond acceptors (Lipinski definition) is 3. The first-order valence-electron chi connectivity index (χ1n) is 9.38. The predicted octanol–water partition coefficient (Wildman–Crippen LogP) is 4.50. The molecule has 0 fully saturated rings. The van der Waals surface area contributed by atoms with Crippen molar-refractivity contribution in [1.82, 2.24) is 15.3 Å². The lowest BCUT2D eigenvalue weighted by molar-refractivity contribution is -0.121. The van der Waals surface area contributed by atoms with Crippen LogP contribution in [0.4, 0.5) is 0 Å². The molecular formula is C22H27N3O2. The Bertz CT molecular complexity index is 930. The summed E-state index contributed by atoms with van der Waals surface area (Å²) in [7, 11) is 1.64. The highest BCUT2D eigenvalue weighted by Gasteiger charge is 2.11. The number of fused-ring (bicyclic) bond motifs is 1. The topological polar surface area (TPSA) is 67.0 Å². The summed E-state index contributed by atoms with van der Waals surface area (Å²) in [5, 5.41) is 3.06. The minimum atomic E-state index is -0.0590. The largest absolute Gasteiger partial charge is 0.497 e. The highest BCUT2D eigenvalue weighted by molar-refractivity contribution is 5.78. The average molecular weight is 365 g/mol. The van der Waals surface area contributed by atoms with Gasteiger partial charge in [0.05, 0.1) is 24.2 Å². The maximum absolute atomic E-state index is 12.3. The van der Waals surface area contributed by atoms with Crippen LogP contribution in [0.1, 0.15) is 56.1 Å². The number of aromatic nitrogens is 2. The van der Waals surface area contributed by atoms with Crippen LogP contribution in [0.15, 0.2) is 42.5 Å². The molecule has 1 aromatic heterocycles. The molecule has 2 N–H and O–H groups in total. The van der Waals surface area contributed by atoms with Gasteiger partial charge in [0.2, 0.25) is 5.91 Å². The number of rotatable bonds is 7. The summed E-state index contributed by atoms with van der Waals surface area (Å²) >= 11 is 0. The number of amides is 1. The van der Waals surface area contributed by atoms with Crippen molar-refractivity contribution in [3.05, 3.63) is 59.4 Å². The first-order valence-corrected chi connectivity index (χ1v) is 9.38. The van der Waals surface area contributed by atoms with Gasteiger partial charge in [-0.05, 0) is 48.7 Å². The second-order valence-corrected chi connectivity index (χ2v) is 7.19. The van der Waals surface area contributed by atoms with Crippen LogP contribution in [0.2, 0.25) is 0 Å². The monoisotopic (exact) mass is 365 g/mol. The van der Waals surface area contributed by atoms with Gasteiger partial charge in [-0.25, -0.2) is 4.98 Å². The molecule has 1 atom stereocenters. The first kappa shape index (κ1) is 19.0. The van der Waals surface area contributed by atoms with E-state index >= 15 is 0 Å². The number of carbonyl (C=O) groups is 1. The zero-order chi connectivity index (χ0) is 19.4. The van der Waals surface area contributed by atoms with Gasteiger partial charge in [0.25, 0.3) is 0 Å². The predicted molar refractivity (Wildman–Crippen MR) is 108 cm³/mol. The highest BCUT2D eigenvalue weighted by Crippen LogP contribution is 2.20. The van der Waals surface area contributed by atoms with E-state index in [2.05, 4.69) is 35.2 Å². The molecule has 0 bridgehead atoms. The Kier molecular flexibility index (Phi) is 5.79. The van der Waals surface area contributed by atoms with Crippen LogP contribution in [-0.4, -0.2) is 23.0 Å². The van der Waals surface area contributed by atoms with Crippen LogP contribution in [-0.2, 0) is 11.2 Å². The lowest BCUT2D eigenvalue weighted by Crippen LogP contribution is -2.26. The van der Waals surface area contributed by atoms with Gasteiger partial charge in [0.15, 0.2) is 0 Å². The van der Waals surface area contributed by atoms with Gasteiger partial charge in [-0.3, -0.25) is 4.79 Å². The summed E-state index contributed by atoms with van der Waals surface area (Å²) in [5.74, 6) is 2.19. The minimum absolute atomic E-state index is 0.0397. The van der Waals surface area contributed by atoms with E-state index in [0.717, 1.165) is 33.7 Å². The van der Waals surface area contributed by atoms with E-state index in [1.165, 1.54) is 0 Å². The Morgan fingerprint density at radius 2 is 2.00 bits per heavy atom. The summed E-state index contributed by atoms with van der Waals surface area (Å²) < 4.78 is 5.25. The quantitative estimate of drug-likeness (QED) is 0.647. The third-order valence-electron chi connectivity index (χ3n) is 4.72. The second-order valence-electron chi connectivity index (χ2n) is 7.19. The molecule has 0 aliphatic rings. The summed E-state index contributed by atoms with van der Waals surface area (Å²) in [5.41, 5.74) is 4.16. The van der Waals surface area contributed by atoms with Gasteiger partial charge in [0.1, 0.15) is 11.6 Å². The zero-order valence-electron chi connectivity index (χ0n) is 16.4. The number of H-pyrrole nitrogens is 1. The fourth-order valence-electron chi connectivity index (χ4n) is 3.07. The number of benzene rings is 2. The molecule has 0 saturated carbocycles. The van der Waals surface area contributed by atoms with Gasteiger partial charge in [-0.15, -0.1) is 0 Å². The number of aromatic amines is 1. The molecule has 1 amide bonds. The number of hydrogen-bond donors (Lipinski definition) is 2. The summed E-state index contributed by atoms with van der Waals surface area (Å²) in [6, 6.07) is 13.9. The number of methoxy groups -OCH3 is 1. The SMILES string of the molecule is COc1cccc([C@@H](C)NC(=O)CCc2ccc3nc(C(C)C)[nH]c3c2)c1. The Morgan fingerprint density at radius 3 is 2.74 bits per heavy atom. The molecule has 142 valence electrons. The van der Waals surface area contributed by atoms with Gasteiger partial charge in [0, 0.05) is 12.3 Å². The van der Waals surface area contributed by atoms with Gasteiger partial charge in [-0.2, -0.15) is 0 Å². The van der Waals surface area contributed by atoms with E-state index in [4.69, 9.17) is 4.74 Å². The van der Waals surface area contributed by atoms with E-state index in [1.807, 2.05) is 43.3 Å². The zero-order valence-corrected chi connectivity index (χ0v) is 16.4. The Balaban J connectivity index is 1.59. The number of imidazole rings is 1. The lowest BCUT2D eigenvalue weighted by Gasteiger charge is -2.15. The molecule has 5 heteroatoms. The summed E-state index contributed by atoms with van der Waals surface area (Å²) in [6.07, 6.45) is 1.15. The molecule has 27 heavy (non-hydrogen) atoms. The van der Waals surface area contributed by atoms with Crippen molar-refractivity contribution in [2.24, 2.45) is 0 Å². The minimum Gasteiger partial charge on any atom is -0.497 e. The molecule has 3 rings (SSSR count). The molecule has 0 aliphatic carbocycles. The van der Waals surface area contributed by atoms with Gasteiger partial charge < -0.3 is 15.0 Å². The lowest BCUT2D eigenvalue weighted by atomic mass is 10.1. The third-order valence-corrected chi connectivity index (χ3v) is 4.72. The van der Waals surface area contributed by atoms with Crippen molar-refractivity contribution < 1.29 is 9.53 Å². The first-order chi connectivity index (χ1) is 13.0. The van der Waals surface area contributed by atoms with E-state index < -0.39 is 0 Å². The number of nitrogens with zero attached hydrogens (tertiary/aromatic N) is 1. The van der Waals surface area contributed by atoms with E-state index in [9.17, 15) is 4.79 Å². The van der Waals surface area contributed by atoms with Crippen molar-refractivity contribution in [3.8, 4) is 5.75 Å². The maximum atomic E-state index is 12.3. The van der Waals surface area contributed by atoms with Gasteiger partial charge >= 0.3 is 0 Å². The Labute approximate surface area is 160 Å². The molecule has 2 aromatic carbocycles. The number of carbonyl (C=O) groups excluding carboxylic acids is 1. The molecule has 0 aliphatic heterocycles. The average Bonchev–Trinajstić information content (AvgIpc) is 3.10. The molecule has 0 saturated heterocycles. The number of nitrogens with one attached hydrogen (secondary N) is 2. The van der Waals surface area contributed by atoms with Crippen molar-refractivity contribution in [1.29, 1.82) is 0 Å². The number of aryl methyl sites for hydroxylation is 1. The fourth-order valence-corrected chi connectivity index (χ4v) is 3.07. The molecule has 1 heterocycles. The standard InChI is InChI=1S/C22H27N3O2/c1-14(2)22-24-19-10-8-16(12-20(19)25-22)9-11-21(26)23-15(3)17-6-5-7-18(13-17)27-4/h5-8,10,12-15H,9,11H2,1-4H3,(H,23,26)(H,24,25)/t15-/m1/s1. The highest BCUT2D eigenvalue weighted by atomic mass is 16.5. The fraction of sp³-hybridized carbons (Fsp3) is 0.364. The van der Waals surface area contributed by atoms with Crippen LogP contribution in [0, 0.1) is 0 Å². The van der Waals surface area contributed by atoms with Crippen molar-refractivity contribution in [2.75, 3.05) is 7.11 Å². The van der Waals surface area contributed by atoms with E-state index in [-0.39, 0.29) is 11.9 Å². The summed E-state index contributed by atoms with van der Waals surface area (Å²) in [4.78, 5) is 20.3. The van der Waals surface area contributed by atoms with E-state index in [0.29, 0.717) is 18.8 Å². The van der Waals surface area contributed by atoms with Crippen LogP contribution in [0.3, 0.4) is 0 Å². The normalized spacial score (nSPS) is 12.3. The molecule has 5 nitrogen and oxygen atoms in total. The molecule has 0 unspecified atom stereocenters. The van der Waals surface area contributed by atoms with Crippen LogP contribution in [0.25, 0.3) is 11.0 Å². The number of ether oxygens (including phenoxy) is 1. The molecule has 0 spiro atoms. The second kappa shape index (κ2) is 8.25. The maximum Gasteiger partial charge on any atom is 0.220 e. The van der Waals surface area contributed by atoms with Crippen molar-refractivity contribution in [3.63, 3.8) is 0 Å². The summed E-state index contributed by atoms with van der Waals surface area (Å²) in [6.45, 7) is 6.22. The smallest absolute Gasteiger partial charge is 0.220 e. The van der Waals surface area contributed by atoms with Crippen LogP contribution >= 0.6 is 0 Å². The molecule has 3 aromatic rings. The van der Waals surface area contributed by atoms with Crippen molar-refractivity contribution in [2.45, 2.75) is 45.6 Å². The Hall–Kier alpha value is -2.82. The van der Waals surface area contributed by atoms with Crippen LogP contribution < -0.4 is 10.1 Å². The van der Waals surface area contributed by atoms with Gasteiger partial charge in [-0.1, -0.05) is 32.0 Å².